The Morgan fingerprint density at radius 2 is 1.07 bits per heavy atom. The van der Waals surface area contributed by atoms with Crippen LogP contribution in [-0.2, 0) is 29.9 Å². The van der Waals surface area contributed by atoms with E-state index in [2.05, 4.69) is 66.8 Å². The van der Waals surface area contributed by atoms with Crippen molar-refractivity contribution in [3.8, 4) is 11.5 Å². The number of benzene rings is 2. The summed E-state index contributed by atoms with van der Waals surface area (Å²) in [6, 6.07) is 8.20. The molecule has 0 aliphatic heterocycles. The number of hydrogen-bond donors (Lipinski definition) is 2. The molecule has 43 heavy (non-hydrogen) atoms. The number of carbonyl (C=O) groups excluding carboxylic acids is 2. The van der Waals surface area contributed by atoms with Gasteiger partial charge < -0.3 is 29.2 Å². The molecule has 0 amide bonds. The zero-order chi connectivity index (χ0) is 32.5. The van der Waals surface area contributed by atoms with Gasteiger partial charge in [0, 0.05) is 33.1 Å². The van der Waals surface area contributed by atoms with Crippen LogP contribution < -0.4 is 9.47 Å². The van der Waals surface area contributed by atoms with Crippen molar-refractivity contribution in [1.82, 2.24) is 0 Å². The molecule has 2 atom stereocenters. The predicted octanol–water partition coefficient (Wildman–Crippen LogP) is 5.99. The summed E-state index contributed by atoms with van der Waals surface area (Å²) >= 11 is 1.65. The van der Waals surface area contributed by atoms with E-state index < -0.39 is 24.1 Å². The number of aryl methyl sites for hydroxylation is 2. The SMILES string of the molecule is C=CC(=O)OCC(O)COc1cc(C)c(Sc2cc(C(C)(C)C)c(OCC(O)COC(=O)C=C)cc2C)cc1C(C)(C)C. The van der Waals surface area contributed by atoms with E-state index in [1.54, 1.807) is 11.8 Å². The molecule has 2 aromatic carbocycles. The standard InChI is InChI=1S/C34H46O8S/c1-11-31(37)41-19-23(35)17-39-27-13-21(3)29(15-25(27)33(5,6)7)43-30-16-26(34(8,9)10)28(14-22(30)4)40-18-24(36)20-42-32(38)12-2/h11-16,23-24,35-36H,1-2,17-20H2,3-10H3. The van der Waals surface area contributed by atoms with Gasteiger partial charge in [-0.05, 0) is 60.1 Å². The van der Waals surface area contributed by atoms with Crippen LogP contribution in [0.5, 0.6) is 11.5 Å². The van der Waals surface area contributed by atoms with Crippen LogP contribution in [0, 0.1) is 13.8 Å². The number of rotatable bonds is 14. The van der Waals surface area contributed by atoms with Crippen LogP contribution in [0.4, 0.5) is 0 Å². The Hall–Kier alpha value is -3.27. The summed E-state index contributed by atoms with van der Waals surface area (Å²) in [7, 11) is 0. The molecule has 0 saturated heterocycles. The lowest BCUT2D eigenvalue weighted by atomic mass is 9.85. The molecule has 0 fully saturated rings. The van der Waals surface area contributed by atoms with Crippen molar-refractivity contribution in [1.29, 1.82) is 0 Å². The minimum absolute atomic E-state index is 0.0274. The van der Waals surface area contributed by atoms with E-state index in [0.717, 1.165) is 44.2 Å². The van der Waals surface area contributed by atoms with Crippen molar-refractivity contribution < 1.29 is 38.7 Å². The summed E-state index contributed by atoms with van der Waals surface area (Å²) in [5.41, 5.74) is 3.49. The molecule has 0 heterocycles. The highest BCUT2D eigenvalue weighted by atomic mass is 32.2. The summed E-state index contributed by atoms with van der Waals surface area (Å²) in [6.45, 7) is 22.9. The molecule has 8 nitrogen and oxygen atoms in total. The van der Waals surface area contributed by atoms with Crippen LogP contribution in [0.3, 0.4) is 0 Å². The van der Waals surface area contributed by atoms with Crippen molar-refractivity contribution in [2.45, 2.75) is 88.2 Å². The van der Waals surface area contributed by atoms with Crippen LogP contribution in [0.15, 0.2) is 59.4 Å². The van der Waals surface area contributed by atoms with Crippen LogP contribution >= 0.6 is 11.8 Å². The van der Waals surface area contributed by atoms with E-state index in [0.29, 0.717) is 11.5 Å². The zero-order valence-corrected chi connectivity index (χ0v) is 27.4. The lowest BCUT2D eigenvalue weighted by molar-refractivity contribution is -0.142. The van der Waals surface area contributed by atoms with Crippen molar-refractivity contribution in [3.05, 3.63) is 71.8 Å². The summed E-state index contributed by atoms with van der Waals surface area (Å²) in [6.07, 6.45) is 0.144. The largest absolute Gasteiger partial charge is 0.490 e. The average Bonchev–Trinajstić information content (AvgIpc) is 2.92. The summed E-state index contributed by atoms with van der Waals surface area (Å²) < 4.78 is 21.9. The van der Waals surface area contributed by atoms with Gasteiger partial charge in [0.2, 0.25) is 0 Å². The summed E-state index contributed by atoms with van der Waals surface area (Å²) in [5, 5.41) is 20.5. The molecule has 2 N–H and O–H groups in total. The molecule has 0 saturated carbocycles. The molecule has 2 unspecified atom stereocenters. The maximum atomic E-state index is 11.3. The molecule has 2 aromatic rings. The molecular formula is C34H46O8S. The monoisotopic (exact) mass is 614 g/mol. The highest BCUT2D eigenvalue weighted by Gasteiger charge is 2.25. The second-order valence-corrected chi connectivity index (χ2v) is 13.5. The van der Waals surface area contributed by atoms with Gasteiger partial charge >= 0.3 is 11.9 Å². The quantitative estimate of drug-likeness (QED) is 0.196. The molecule has 2 rings (SSSR count). The maximum Gasteiger partial charge on any atom is 0.330 e. The Balaban J connectivity index is 2.33. The summed E-state index contributed by atoms with van der Waals surface area (Å²) in [5.74, 6) is 0.133. The first-order chi connectivity index (χ1) is 20.0. The number of esters is 2. The van der Waals surface area contributed by atoms with Crippen LogP contribution in [-0.4, -0.2) is 60.8 Å². The Kier molecular flexibility index (Phi) is 12.9. The van der Waals surface area contributed by atoms with Crippen molar-refractivity contribution >= 4 is 23.7 Å². The number of carbonyl (C=O) groups is 2. The Bertz CT molecular complexity index is 1200. The molecule has 236 valence electrons. The second-order valence-electron chi connectivity index (χ2n) is 12.4. The van der Waals surface area contributed by atoms with E-state index in [9.17, 15) is 19.8 Å². The van der Waals surface area contributed by atoms with E-state index in [-0.39, 0.29) is 37.3 Å². The van der Waals surface area contributed by atoms with Gasteiger partial charge in [-0.2, -0.15) is 0 Å². The van der Waals surface area contributed by atoms with Crippen molar-refractivity contribution in [2.24, 2.45) is 0 Å². The Labute approximate surface area is 260 Å². The molecule has 0 aliphatic carbocycles. The van der Waals surface area contributed by atoms with Gasteiger partial charge in [-0.15, -0.1) is 0 Å². The zero-order valence-electron chi connectivity index (χ0n) is 26.6. The Morgan fingerprint density at radius 3 is 1.37 bits per heavy atom. The van der Waals surface area contributed by atoms with Gasteiger partial charge in [-0.3, -0.25) is 0 Å². The third-order valence-electron chi connectivity index (χ3n) is 6.42. The molecular weight excluding hydrogens is 568 g/mol. The number of hydrogen-bond acceptors (Lipinski definition) is 9. The molecule has 0 radical (unpaired) electrons. The highest BCUT2D eigenvalue weighted by molar-refractivity contribution is 7.99. The van der Waals surface area contributed by atoms with Gasteiger partial charge in [-0.1, -0.05) is 66.5 Å². The van der Waals surface area contributed by atoms with Gasteiger partial charge in [0.05, 0.1) is 0 Å². The topological polar surface area (TPSA) is 112 Å². The van der Waals surface area contributed by atoms with Crippen molar-refractivity contribution in [3.63, 3.8) is 0 Å². The van der Waals surface area contributed by atoms with Gasteiger partial charge in [0.1, 0.15) is 50.1 Å². The minimum atomic E-state index is -0.978. The van der Waals surface area contributed by atoms with E-state index in [4.69, 9.17) is 18.9 Å². The first-order valence-corrected chi connectivity index (χ1v) is 15.0. The highest BCUT2D eigenvalue weighted by Crippen LogP contribution is 2.43. The smallest absolute Gasteiger partial charge is 0.330 e. The molecule has 9 heteroatoms. The van der Waals surface area contributed by atoms with E-state index >= 15 is 0 Å². The normalized spacial score (nSPS) is 13.1. The van der Waals surface area contributed by atoms with E-state index in [1.165, 1.54) is 0 Å². The molecule has 0 spiro atoms. The van der Waals surface area contributed by atoms with Gasteiger partial charge in [0.25, 0.3) is 0 Å². The van der Waals surface area contributed by atoms with Crippen LogP contribution in [0.1, 0.15) is 63.8 Å². The molecule has 0 aromatic heterocycles. The lowest BCUT2D eigenvalue weighted by Gasteiger charge is -2.27. The van der Waals surface area contributed by atoms with Crippen molar-refractivity contribution in [2.75, 3.05) is 26.4 Å². The van der Waals surface area contributed by atoms with Gasteiger partial charge in [-0.25, -0.2) is 9.59 Å². The minimum Gasteiger partial charge on any atom is -0.490 e. The fraction of sp³-hybridized carbons (Fsp3) is 0.471. The molecule has 0 bridgehead atoms. The van der Waals surface area contributed by atoms with Crippen LogP contribution in [0.25, 0.3) is 0 Å². The fourth-order valence-electron chi connectivity index (χ4n) is 4.02. The first kappa shape index (κ1) is 35.9. The number of aliphatic hydroxyl groups excluding tert-OH is 2. The second kappa shape index (κ2) is 15.5. The third-order valence-corrected chi connectivity index (χ3v) is 7.74. The van der Waals surface area contributed by atoms with E-state index in [1.807, 2.05) is 26.0 Å². The third kappa shape index (κ3) is 11.1. The number of aliphatic hydroxyl groups is 2. The summed E-state index contributed by atoms with van der Waals surface area (Å²) in [4.78, 5) is 24.7. The van der Waals surface area contributed by atoms with Gasteiger partial charge in [0.15, 0.2) is 0 Å². The fourth-order valence-corrected chi connectivity index (χ4v) is 5.05. The maximum absolute atomic E-state index is 11.3. The average molecular weight is 615 g/mol. The van der Waals surface area contributed by atoms with Crippen LogP contribution in [0.2, 0.25) is 0 Å². The number of ether oxygens (including phenoxy) is 4. The lowest BCUT2D eigenvalue weighted by Crippen LogP contribution is -2.26. The predicted molar refractivity (Wildman–Crippen MR) is 169 cm³/mol. The first-order valence-electron chi connectivity index (χ1n) is 14.1. The molecule has 0 aliphatic rings. The Morgan fingerprint density at radius 1 is 0.721 bits per heavy atom.